The Balaban J connectivity index is 2.33. The minimum Gasteiger partial charge on any atom is -0.388 e. The number of thioether (sulfide) groups is 1. The highest BCUT2D eigenvalue weighted by Gasteiger charge is 2.33. The van der Waals surface area contributed by atoms with Gasteiger partial charge in [0.2, 0.25) is 5.91 Å². The smallest absolute Gasteiger partial charge is 0.232 e. The monoisotopic (exact) mass is 245 g/mol. The molecule has 0 heterocycles. The molecular formula is C12H23NO2S. The molecule has 0 aliphatic heterocycles. The Morgan fingerprint density at radius 2 is 2.00 bits per heavy atom. The van der Waals surface area contributed by atoms with Gasteiger partial charge in [0.05, 0.1) is 11.4 Å². The summed E-state index contributed by atoms with van der Waals surface area (Å²) < 4.78 is 0. The van der Waals surface area contributed by atoms with Crippen LogP contribution in [0.4, 0.5) is 0 Å². The van der Waals surface area contributed by atoms with Gasteiger partial charge in [-0.25, -0.2) is 0 Å². The van der Waals surface area contributed by atoms with Crippen LogP contribution in [0.5, 0.6) is 0 Å². The zero-order chi connectivity index (χ0) is 12.2. The summed E-state index contributed by atoms with van der Waals surface area (Å²) in [6.45, 7) is 4.66. The van der Waals surface area contributed by atoms with Crippen molar-refractivity contribution in [2.45, 2.75) is 50.4 Å². The van der Waals surface area contributed by atoms with Gasteiger partial charge in [0, 0.05) is 13.6 Å². The molecule has 1 aliphatic rings. The third-order valence-corrected chi connectivity index (χ3v) is 4.11. The van der Waals surface area contributed by atoms with Crippen LogP contribution in [-0.2, 0) is 4.79 Å². The highest BCUT2D eigenvalue weighted by molar-refractivity contribution is 8.00. The Kier molecular flexibility index (Phi) is 5.12. The maximum Gasteiger partial charge on any atom is 0.232 e. The summed E-state index contributed by atoms with van der Waals surface area (Å²) in [7, 11) is 1.79. The molecule has 0 saturated heterocycles. The second kappa shape index (κ2) is 5.92. The number of likely N-dealkylation sites (N-methyl/N-ethyl adjacent to an activating group) is 1. The summed E-state index contributed by atoms with van der Waals surface area (Å²) in [4.78, 5) is 13.5. The highest BCUT2D eigenvalue weighted by atomic mass is 32.2. The fourth-order valence-electron chi connectivity index (χ4n) is 2.07. The normalized spacial score (nSPS) is 19.1. The first kappa shape index (κ1) is 13.8. The molecule has 1 amide bonds. The molecule has 1 aliphatic carbocycles. The molecule has 1 rings (SSSR count). The van der Waals surface area contributed by atoms with Gasteiger partial charge in [0.25, 0.3) is 0 Å². The molecule has 1 fully saturated rings. The number of hydrogen-bond acceptors (Lipinski definition) is 3. The van der Waals surface area contributed by atoms with Crippen LogP contribution in [-0.4, -0.2) is 46.1 Å². The topological polar surface area (TPSA) is 40.5 Å². The zero-order valence-corrected chi connectivity index (χ0v) is 11.3. The van der Waals surface area contributed by atoms with E-state index in [1.54, 1.807) is 23.7 Å². The standard InChI is InChI=1S/C12H23NO2S/c1-10(2)16-8-11(14)13(3)9-12(15)6-4-5-7-12/h10,15H,4-9H2,1-3H3. The molecule has 1 N–H and O–H groups in total. The van der Waals surface area contributed by atoms with E-state index in [-0.39, 0.29) is 5.91 Å². The van der Waals surface area contributed by atoms with E-state index in [0.29, 0.717) is 17.5 Å². The van der Waals surface area contributed by atoms with Gasteiger partial charge in [-0.1, -0.05) is 26.7 Å². The number of amides is 1. The van der Waals surface area contributed by atoms with Crippen LogP contribution in [0.1, 0.15) is 39.5 Å². The first-order valence-electron chi connectivity index (χ1n) is 6.01. The Bertz CT molecular complexity index is 237. The van der Waals surface area contributed by atoms with Crippen molar-refractivity contribution < 1.29 is 9.90 Å². The molecule has 0 unspecified atom stereocenters. The Morgan fingerprint density at radius 1 is 1.44 bits per heavy atom. The molecule has 0 atom stereocenters. The number of carbonyl (C=O) groups is 1. The zero-order valence-electron chi connectivity index (χ0n) is 10.5. The Labute approximate surface area is 103 Å². The molecule has 1 saturated carbocycles. The minimum atomic E-state index is -0.618. The van der Waals surface area contributed by atoms with E-state index in [4.69, 9.17) is 0 Å². The quantitative estimate of drug-likeness (QED) is 0.804. The van der Waals surface area contributed by atoms with Crippen molar-refractivity contribution in [1.29, 1.82) is 0 Å². The summed E-state index contributed by atoms with van der Waals surface area (Å²) in [6.07, 6.45) is 3.84. The largest absolute Gasteiger partial charge is 0.388 e. The third-order valence-electron chi connectivity index (χ3n) is 3.03. The van der Waals surface area contributed by atoms with Gasteiger partial charge in [-0.2, -0.15) is 0 Å². The maximum absolute atomic E-state index is 11.8. The van der Waals surface area contributed by atoms with Crippen LogP contribution in [0, 0.1) is 0 Å². The lowest BCUT2D eigenvalue weighted by atomic mass is 10.0. The van der Waals surface area contributed by atoms with Crippen LogP contribution >= 0.6 is 11.8 Å². The Morgan fingerprint density at radius 3 is 2.50 bits per heavy atom. The number of nitrogens with zero attached hydrogens (tertiary/aromatic N) is 1. The summed E-state index contributed by atoms with van der Waals surface area (Å²) in [5, 5.41) is 10.7. The fourth-order valence-corrected chi connectivity index (χ4v) is 2.77. The molecule has 0 spiro atoms. The van der Waals surface area contributed by atoms with E-state index in [2.05, 4.69) is 13.8 Å². The summed E-state index contributed by atoms with van der Waals surface area (Å²) in [6, 6.07) is 0. The van der Waals surface area contributed by atoms with E-state index in [0.717, 1.165) is 25.7 Å². The second-order valence-electron chi connectivity index (χ2n) is 5.04. The van der Waals surface area contributed by atoms with Gasteiger partial charge >= 0.3 is 0 Å². The van der Waals surface area contributed by atoms with E-state index < -0.39 is 5.60 Å². The van der Waals surface area contributed by atoms with E-state index in [1.807, 2.05) is 0 Å². The van der Waals surface area contributed by atoms with Crippen molar-refractivity contribution in [2.24, 2.45) is 0 Å². The number of rotatable bonds is 5. The molecule has 3 nitrogen and oxygen atoms in total. The summed E-state index contributed by atoms with van der Waals surface area (Å²) in [5.41, 5.74) is -0.618. The molecule has 0 aromatic heterocycles. The third kappa shape index (κ3) is 4.34. The van der Waals surface area contributed by atoms with Crippen LogP contribution in [0.25, 0.3) is 0 Å². The van der Waals surface area contributed by atoms with Gasteiger partial charge < -0.3 is 10.0 Å². The molecular weight excluding hydrogens is 222 g/mol. The van der Waals surface area contributed by atoms with E-state index in [1.165, 1.54) is 0 Å². The molecule has 0 aromatic rings. The van der Waals surface area contributed by atoms with Crippen LogP contribution in [0.15, 0.2) is 0 Å². The van der Waals surface area contributed by atoms with Gasteiger partial charge in [0.15, 0.2) is 0 Å². The van der Waals surface area contributed by atoms with Gasteiger partial charge in [0.1, 0.15) is 0 Å². The van der Waals surface area contributed by atoms with Crippen LogP contribution in [0.3, 0.4) is 0 Å². The lowest BCUT2D eigenvalue weighted by molar-refractivity contribution is -0.130. The predicted octanol–water partition coefficient (Wildman–Crippen LogP) is 1.89. The molecule has 0 radical (unpaired) electrons. The summed E-state index contributed by atoms with van der Waals surface area (Å²) >= 11 is 1.65. The molecule has 0 bridgehead atoms. The van der Waals surface area contributed by atoms with Gasteiger partial charge in [-0.15, -0.1) is 11.8 Å². The number of carbonyl (C=O) groups excluding carboxylic acids is 1. The van der Waals surface area contributed by atoms with Crippen LogP contribution < -0.4 is 0 Å². The first-order valence-corrected chi connectivity index (χ1v) is 7.06. The van der Waals surface area contributed by atoms with Crippen molar-refractivity contribution in [1.82, 2.24) is 4.90 Å². The molecule has 0 aromatic carbocycles. The van der Waals surface area contributed by atoms with Crippen molar-refractivity contribution >= 4 is 17.7 Å². The molecule has 94 valence electrons. The average Bonchev–Trinajstić information content (AvgIpc) is 2.61. The fraction of sp³-hybridized carbons (Fsp3) is 0.917. The number of aliphatic hydroxyl groups is 1. The molecule has 4 heteroatoms. The van der Waals surface area contributed by atoms with Crippen molar-refractivity contribution in [3.05, 3.63) is 0 Å². The van der Waals surface area contributed by atoms with Crippen LogP contribution in [0.2, 0.25) is 0 Å². The highest BCUT2D eigenvalue weighted by Crippen LogP contribution is 2.30. The summed E-state index contributed by atoms with van der Waals surface area (Å²) in [5.74, 6) is 0.642. The first-order chi connectivity index (χ1) is 7.43. The lowest BCUT2D eigenvalue weighted by Gasteiger charge is -2.28. The van der Waals surface area contributed by atoms with Gasteiger partial charge in [-0.3, -0.25) is 4.79 Å². The van der Waals surface area contributed by atoms with Gasteiger partial charge in [-0.05, 0) is 18.1 Å². The van der Waals surface area contributed by atoms with Crippen molar-refractivity contribution in [3.8, 4) is 0 Å². The second-order valence-corrected chi connectivity index (χ2v) is 6.61. The predicted molar refractivity (Wildman–Crippen MR) is 68.6 cm³/mol. The SMILES string of the molecule is CC(C)SCC(=O)N(C)CC1(O)CCCC1. The van der Waals surface area contributed by atoms with E-state index >= 15 is 0 Å². The molecule has 16 heavy (non-hydrogen) atoms. The lowest BCUT2D eigenvalue weighted by Crippen LogP contribution is -2.42. The van der Waals surface area contributed by atoms with E-state index in [9.17, 15) is 9.90 Å². The average molecular weight is 245 g/mol. The maximum atomic E-state index is 11.8. The Hall–Kier alpha value is -0.220. The minimum absolute atomic E-state index is 0.124. The van der Waals surface area contributed by atoms with Crippen molar-refractivity contribution in [3.63, 3.8) is 0 Å². The van der Waals surface area contributed by atoms with Crippen molar-refractivity contribution in [2.75, 3.05) is 19.3 Å². The number of hydrogen-bond donors (Lipinski definition) is 1.